The van der Waals surface area contributed by atoms with E-state index in [0.29, 0.717) is 39.1 Å². The zero-order valence-corrected chi connectivity index (χ0v) is 18.4. The molecule has 0 fully saturated rings. The van der Waals surface area contributed by atoms with Gasteiger partial charge in [0.15, 0.2) is 10.9 Å². The lowest BCUT2D eigenvalue weighted by Crippen LogP contribution is -2.24. The third-order valence-electron chi connectivity index (χ3n) is 5.03. The van der Waals surface area contributed by atoms with Gasteiger partial charge in [0.05, 0.1) is 16.7 Å². The van der Waals surface area contributed by atoms with Gasteiger partial charge in [0.1, 0.15) is 0 Å². The first kappa shape index (κ1) is 20.7. The second-order valence-corrected chi connectivity index (χ2v) is 9.03. The minimum atomic E-state index is -0.0978. The number of thioether (sulfide) groups is 1. The molecule has 2 heterocycles. The summed E-state index contributed by atoms with van der Waals surface area (Å²) in [6.07, 6.45) is 2.59. The molecule has 0 aliphatic heterocycles. The number of aromatic nitrogens is 3. The van der Waals surface area contributed by atoms with E-state index < -0.39 is 0 Å². The van der Waals surface area contributed by atoms with Crippen LogP contribution in [-0.4, -0.2) is 26.1 Å². The Kier molecular flexibility index (Phi) is 5.97. The van der Waals surface area contributed by atoms with Crippen molar-refractivity contribution in [2.75, 3.05) is 5.75 Å². The number of benzene rings is 2. The van der Waals surface area contributed by atoms with Gasteiger partial charge in [-0.2, -0.15) is 0 Å². The van der Waals surface area contributed by atoms with E-state index >= 15 is 0 Å². The molecular weight excluding hydrogens is 418 g/mol. The minimum Gasteiger partial charge on any atom is -0.360 e. The normalized spacial score (nSPS) is 11.6. The van der Waals surface area contributed by atoms with Gasteiger partial charge in [-0.3, -0.25) is 14.2 Å². The lowest BCUT2D eigenvalue weighted by atomic mass is 10.1. The van der Waals surface area contributed by atoms with Crippen molar-refractivity contribution in [3.8, 4) is 0 Å². The van der Waals surface area contributed by atoms with E-state index in [9.17, 15) is 9.59 Å². The molecule has 30 heavy (non-hydrogen) atoms. The van der Waals surface area contributed by atoms with Crippen LogP contribution in [0.3, 0.4) is 0 Å². The van der Waals surface area contributed by atoms with Crippen LogP contribution in [0.25, 0.3) is 21.8 Å². The van der Waals surface area contributed by atoms with Gasteiger partial charge < -0.3 is 4.98 Å². The third kappa shape index (κ3) is 4.16. The highest BCUT2D eigenvalue weighted by Crippen LogP contribution is 2.24. The summed E-state index contributed by atoms with van der Waals surface area (Å²) >= 11 is 7.40. The van der Waals surface area contributed by atoms with Crippen LogP contribution in [0.2, 0.25) is 5.02 Å². The Bertz CT molecular complexity index is 1290. The van der Waals surface area contributed by atoms with E-state index in [2.05, 4.69) is 23.8 Å². The molecule has 1 N–H and O–H groups in total. The third-order valence-corrected chi connectivity index (χ3v) is 6.25. The molecule has 5 nitrogen and oxygen atoms in total. The monoisotopic (exact) mass is 439 g/mol. The lowest BCUT2D eigenvalue weighted by Gasteiger charge is -2.14. The molecule has 4 rings (SSSR count). The Morgan fingerprint density at radius 1 is 1.20 bits per heavy atom. The zero-order valence-electron chi connectivity index (χ0n) is 16.8. The SMILES string of the molecule is CC(C)CCn1c(SCC(=O)c2c[nH]c3ccccc23)nc2cc(Cl)ccc2c1=O. The molecule has 0 atom stereocenters. The van der Waals surface area contributed by atoms with Crippen molar-refractivity contribution in [3.05, 3.63) is 69.6 Å². The predicted octanol–water partition coefficient (Wildman–Crippen LogP) is 5.55. The molecule has 0 amide bonds. The van der Waals surface area contributed by atoms with E-state index in [1.165, 1.54) is 11.8 Å². The second kappa shape index (κ2) is 8.66. The smallest absolute Gasteiger partial charge is 0.262 e. The molecular formula is C23H22ClN3O2S. The minimum absolute atomic E-state index is 0.00620. The summed E-state index contributed by atoms with van der Waals surface area (Å²) in [5.74, 6) is 0.638. The molecule has 0 bridgehead atoms. The predicted molar refractivity (Wildman–Crippen MR) is 124 cm³/mol. The maximum absolute atomic E-state index is 13.1. The number of carbonyl (C=O) groups is 1. The maximum Gasteiger partial charge on any atom is 0.262 e. The summed E-state index contributed by atoms with van der Waals surface area (Å²) in [6, 6.07) is 12.8. The fraction of sp³-hybridized carbons (Fsp3) is 0.261. The molecule has 0 saturated heterocycles. The number of halogens is 1. The number of rotatable bonds is 7. The van der Waals surface area contributed by atoms with Gasteiger partial charge in [-0.25, -0.2) is 4.98 Å². The molecule has 0 spiro atoms. The van der Waals surface area contributed by atoms with E-state index in [-0.39, 0.29) is 17.1 Å². The Balaban J connectivity index is 1.67. The van der Waals surface area contributed by atoms with Crippen LogP contribution in [0.1, 0.15) is 30.6 Å². The van der Waals surface area contributed by atoms with Crippen LogP contribution >= 0.6 is 23.4 Å². The molecule has 154 valence electrons. The summed E-state index contributed by atoms with van der Waals surface area (Å²) in [5.41, 5.74) is 2.03. The highest BCUT2D eigenvalue weighted by molar-refractivity contribution is 7.99. The first-order valence-corrected chi connectivity index (χ1v) is 11.2. The van der Waals surface area contributed by atoms with E-state index in [0.717, 1.165) is 17.3 Å². The average Bonchev–Trinajstić information content (AvgIpc) is 3.15. The Labute approximate surface area is 183 Å². The lowest BCUT2D eigenvalue weighted by molar-refractivity contribution is 0.102. The topological polar surface area (TPSA) is 67.8 Å². The van der Waals surface area contributed by atoms with Crippen LogP contribution in [0.4, 0.5) is 0 Å². The molecule has 0 unspecified atom stereocenters. The number of hydrogen-bond acceptors (Lipinski definition) is 4. The number of nitrogens with one attached hydrogen (secondary N) is 1. The van der Waals surface area contributed by atoms with Gasteiger partial charge in [0, 0.05) is 34.2 Å². The average molecular weight is 440 g/mol. The first-order chi connectivity index (χ1) is 14.4. The highest BCUT2D eigenvalue weighted by Gasteiger charge is 2.16. The summed E-state index contributed by atoms with van der Waals surface area (Å²) < 4.78 is 1.68. The van der Waals surface area contributed by atoms with Gasteiger partial charge >= 0.3 is 0 Å². The fourth-order valence-electron chi connectivity index (χ4n) is 3.38. The van der Waals surface area contributed by atoms with Crippen LogP contribution in [0, 0.1) is 5.92 Å². The number of Topliss-reactive ketones (excluding diaryl/α,β-unsaturated/α-hetero) is 1. The number of aromatic amines is 1. The standard InChI is InChI=1S/C23H22ClN3O2S/c1-14(2)9-10-27-22(29)17-8-7-15(24)11-20(17)26-23(27)30-13-21(28)18-12-25-19-6-4-3-5-16(18)19/h3-8,11-12,14,25H,9-10,13H2,1-2H3. The Morgan fingerprint density at radius 3 is 2.80 bits per heavy atom. The molecule has 2 aromatic heterocycles. The number of carbonyl (C=O) groups excluding carboxylic acids is 1. The summed E-state index contributed by atoms with van der Waals surface area (Å²) in [7, 11) is 0. The number of para-hydroxylation sites is 1. The Morgan fingerprint density at radius 2 is 2.00 bits per heavy atom. The summed E-state index contributed by atoms with van der Waals surface area (Å²) in [6.45, 7) is 4.80. The molecule has 2 aromatic carbocycles. The van der Waals surface area contributed by atoms with Crippen LogP contribution < -0.4 is 5.56 Å². The molecule has 4 aromatic rings. The zero-order chi connectivity index (χ0) is 21.3. The first-order valence-electron chi connectivity index (χ1n) is 9.86. The van der Waals surface area contributed by atoms with E-state index in [4.69, 9.17) is 11.6 Å². The highest BCUT2D eigenvalue weighted by atomic mass is 35.5. The van der Waals surface area contributed by atoms with Crippen molar-refractivity contribution in [1.29, 1.82) is 0 Å². The van der Waals surface area contributed by atoms with Gasteiger partial charge in [-0.05, 0) is 36.6 Å². The fourth-order valence-corrected chi connectivity index (χ4v) is 4.45. The van der Waals surface area contributed by atoms with E-state index in [1.807, 2.05) is 24.3 Å². The maximum atomic E-state index is 13.1. The number of nitrogens with zero attached hydrogens (tertiary/aromatic N) is 2. The van der Waals surface area contributed by atoms with Gasteiger partial charge in [-0.1, -0.05) is 55.4 Å². The van der Waals surface area contributed by atoms with Crippen molar-refractivity contribution in [2.24, 2.45) is 5.92 Å². The molecule has 0 aliphatic carbocycles. The number of fused-ring (bicyclic) bond motifs is 2. The van der Waals surface area contributed by atoms with Gasteiger partial charge in [-0.15, -0.1) is 0 Å². The van der Waals surface area contributed by atoms with Crippen LogP contribution in [0.15, 0.2) is 58.6 Å². The molecule has 7 heteroatoms. The van der Waals surface area contributed by atoms with Gasteiger partial charge in [0.25, 0.3) is 5.56 Å². The van der Waals surface area contributed by atoms with Crippen molar-refractivity contribution in [3.63, 3.8) is 0 Å². The quantitative estimate of drug-likeness (QED) is 0.233. The largest absolute Gasteiger partial charge is 0.360 e. The van der Waals surface area contributed by atoms with Gasteiger partial charge in [0.2, 0.25) is 0 Å². The second-order valence-electron chi connectivity index (χ2n) is 7.65. The van der Waals surface area contributed by atoms with Crippen molar-refractivity contribution in [1.82, 2.24) is 14.5 Å². The van der Waals surface area contributed by atoms with Crippen LogP contribution in [-0.2, 0) is 6.54 Å². The van der Waals surface area contributed by atoms with Crippen LogP contribution in [0.5, 0.6) is 0 Å². The number of hydrogen-bond donors (Lipinski definition) is 1. The molecule has 0 radical (unpaired) electrons. The molecule has 0 saturated carbocycles. The Hall–Kier alpha value is -2.57. The van der Waals surface area contributed by atoms with Crippen molar-refractivity contribution < 1.29 is 4.79 Å². The number of ketones is 1. The summed E-state index contributed by atoms with van der Waals surface area (Å²) in [4.78, 5) is 33.8. The molecule has 0 aliphatic rings. The van der Waals surface area contributed by atoms with E-state index in [1.54, 1.807) is 29.0 Å². The summed E-state index contributed by atoms with van der Waals surface area (Å²) in [5, 5.41) is 2.51. The van der Waals surface area contributed by atoms with Crippen molar-refractivity contribution >= 4 is 51.0 Å². The van der Waals surface area contributed by atoms with Crippen molar-refractivity contribution in [2.45, 2.75) is 32.0 Å². The number of H-pyrrole nitrogens is 1.